The summed E-state index contributed by atoms with van der Waals surface area (Å²) in [6, 6.07) is 4.14. The molecule has 4 heteroatoms. The molecule has 3 nitrogen and oxygen atoms in total. The van der Waals surface area contributed by atoms with Crippen LogP contribution in [0.2, 0.25) is 0 Å². The summed E-state index contributed by atoms with van der Waals surface area (Å²) < 4.78 is 13.0. The van der Waals surface area contributed by atoms with Gasteiger partial charge in [-0.3, -0.25) is 4.98 Å². The van der Waals surface area contributed by atoms with Crippen LogP contribution in [0, 0.1) is 11.7 Å². The largest absolute Gasteiger partial charge is 0.309 e. The number of hydrogen-bond acceptors (Lipinski definition) is 3. The van der Waals surface area contributed by atoms with Crippen molar-refractivity contribution in [2.24, 2.45) is 5.92 Å². The summed E-state index contributed by atoms with van der Waals surface area (Å²) in [5, 5.41) is 3.45. The van der Waals surface area contributed by atoms with Gasteiger partial charge >= 0.3 is 0 Å². The Morgan fingerprint density at radius 1 is 1.45 bits per heavy atom. The standard InChI is InChI=1S/C16H26FN3/c1-4-18-16(15-8-7-14(17)11-19-15)9-10-20(3)12(2)13-5-6-13/h7-8,11-13,16,18H,4-6,9-10H2,1-3H3. The van der Waals surface area contributed by atoms with Gasteiger partial charge in [0, 0.05) is 6.04 Å². The fourth-order valence-electron chi connectivity index (χ4n) is 2.67. The molecule has 0 saturated heterocycles. The first-order valence-electron chi connectivity index (χ1n) is 7.67. The summed E-state index contributed by atoms with van der Waals surface area (Å²) in [7, 11) is 2.20. The first-order chi connectivity index (χ1) is 9.61. The van der Waals surface area contributed by atoms with E-state index in [-0.39, 0.29) is 11.9 Å². The van der Waals surface area contributed by atoms with E-state index >= 15 is 0 Å². The van der Waals surface area contributed by atoms with Crippen LogP contribution in [0.25, 0.3) is 0 Å². The van der Waals surface area contributed by atoms with Crippen LogP contribution in [-0.4, -0.2) is 36.1 Å². The Balaban J connectivity index is 1.89. The average Bonchev–Trinajstić information content (AvgIpc) is 3.28. The fourth-order valence-corrected chi connectivity index (χ4v) is 2.67. The Morgan fingerprint density at radius 2 is 2.20 bits per heavy atom. The second-order valence-corrected chi connectivity index (χ2v) is 5.86. The zero-order chi connectivity index (χ0) is 14.5. The smallest absolute Gasteiger partial charge is 0.141 e. The highest BCUT2D eigenvalue weighted by atomic mass is 19.1. The minimum absolute atomic E-state index is 0.203. The fraction of sp³-hybridized carbons (Fsp3) is 0.688. The van der Waals surface area contributed by atoms with Gasteiger partial charge in [-0.1, -0.05) is 6.92 Å². The molecule has 0 aliphatic heterocycles. The molecule has 1 saturated carbocycles. The summed E-state index contributed by atoms with van der Waals surface area (Å²) in [5.74, 6) is 0.616. The second-order valence-electron chi connectivity index (χ2n) is 5.86. The van der Waals surface area contributed by atoms with E-state index in [1.807, 2.05) is 0 Å². The van der Waals surface area contributed by atoms with E-state index in [1.165, 1.54) is 25.1 Å². The van der Waals surface area contributed by atoms with Crippen molar-refractivity contribution in [3.63, 3.8) is 0 Å². The van der Waals surface area contributed by atoms with E-state index in [2.05, 4.69) is 36.1 Å². The highest BCUT2D eigenvalue weighted by Crippen LogP contribution is 2.34. The SMILES string of the molecule is CCNC(CCN(C)C(C)C1CC1)c1ccc(F)cn1. The molecule has 1 heterocycles. The molecule has 0 spiro atoms. The Kier molecular flexibility index (Phi) is 5.49. The van der Waals surface area contributed by atoms with Gasteiger partial charge in [-0.15, -0.1) is 0 Å². The molecule has 0 aromatic carbocycles. The molecule has 0 amide bonds. The van der Waals surface area contributed by atoms with Crippen molar-refractivity contribution in [2.45, 2.75) is 45.2 Å². The van der Waals surface area contributed by atoms with Gasteiger partial charge in [-0.2, -0.15) is 0 Å². The van der Waals surface area contributed by atoms with Crippen LogP contribution in [-0.2, 0) is 0 Å². The zero-order valence-corrected chi connectivity index (χ0v) is 12.8. The first kappa shape index (κ1) is 15.4. The van der Waals surface area contributed by atoms with Crippen LogP contribution in [0.1, 0.15) is 44.8 Å². The number of aromatic nitrogens is 1. The summed E-state index contributed by atoms with van der Waals surface area (Å²) in [6.45, 7) is 6.34. The lowest BCUT2D eigenvalue weighted by atomic mass is 10.1. The normalized spacial score (nSPS) is 18.2. The average molecular weight is 279 g/mol. The van der Waals surface area contributed by atoms with Crippen molar-refractivity contribution in [2.75, 3.05) is 20.1 Å². The highest BCUT2D eigenvalue weighted by Gasteiger charge is 2.30. The quantitative estimate of drug-likeness (QED) is 0.793. The van der Waals surface area contributed by atoms with Gasteiger partial charge in [0.05, 0.1) is 17.9 Å². The van der Waals surface area contributed by atoms with Crippen molar-refractivity contribution in [1.29, 1.82) is 0 Å². The zero-order valence-electron chi connectivity index (χ0n) is 12.8. The molecule has 0 radical (unpaired) electrons. The minimum Gasteiger partial charge on any atom is -0.309 e. The lowest BCUT2D eigenvalue weighted by Gasteiger charge is -2.27. The molecular weight excluding hydrogens is 253 g/mol. The van der Waals surface area contributed by atoms with Crippen molar-refractivity contribution < 1.29 is 4.39 Å². The maximum absolute atomic E-state index is 13.0. The van der Waals surface area contributed by atoms with E-state index in [4.69, 9.17) is 0 Å². The number of pyridine rings is 1. The Bertz CT molecular complexity index is 403. The number of hydrogen-bond donors (Lipinski definition) is 1. The third-order valence-electron chi connectivity index (χ3n) is 4.33. The van der Waals surface area contributed by atoms with Crippen molar-refractivity contribution in [3.8, 4) is 0 Å². The van der Waals surface area contributed by atoms with Gasteiger partial charge in [-0.25, -0.2) is 4.39 Å². The third kappa shape index (κ3) is 4.25. The molecule has 1 aliphatic carbocycles. The van der Waals surface area contributed by atoms with E-state index in [0.29, 0.717) is 6.04 Å². The Labute approximate surface area is 121 Å². The van der Waals surface area contributed by atoms with E-state index in [1.54, 1.807) is 6.07 Å². The molecule has 1 aromatic heterocycles. The third-order valence-corrected chi connectivity index (χ3v) is 4.33. The van der Waals surface area contributed by atoms with Crippen molar-refractivity contribution in [1.82, 2.24) is 15.2 Å². The van der Waals surface area contributed by atoms with Gasteiger partial charge in [-0.05, 0) is 64.4 Å². The van der Waals surface area contributed by atoms with Crippen molar-refractivity contribution in [3.05, 3.63) is 29.8 Å². The van der Waals surface area contributed by atoms with Crippen LogP contribution >= 0.6 is 0 Å². The maximum Gasteiger partial charge on any atom is 0.141 e. The van der Waals surface area contributed by atoms with Crippen LogP contribution in [0.4, 0.5) is 4.39 Å². The topological polar surface area (TPSA) is 28.2 Å². The predicted molar refractivity (Wildman–Crippen MR) is 80.0 cm³/mol. The number of nitrogens with zero attached hydrogens (tertiary/aromatic N) is 2. The van der Waals surface area contributed by atoms with Gasteiger partial charge in [0.25, 0.3) is 0 Å². The van der Waals surface area contributed by atoms with Crippen LogP contribution in [0.15, 0.2) is 18.3 Å². The summed E-state index contributed by atoms with van der Waals surface area (Å²) in [4.78, 5) is 6.65. The predicted octanol–water partition coefficient (Wildman–Crippen LogP) is 2.99. The molecule has 1 N–H and O–H groups in total. The molecule has 2 rings (SSSR count). The molecule has 0 bridgehead atoms. The molecule has 2 unspecified atom stereocenters. The minimum atomic E-state index is -0.275. The van der Waals surface area contributed by atoms with Crippen LogP contribution in [0.5, 0.6) is 0 Å². The van der Waals surface area contributed by atoms with Gasteiger partial charge in [0.1, 0.15) is 5.82 Å². The lowest BCUT2D eigenvalue weighted by Crippen LogP contribution is -2.34. The summed E-state index contributed by atoms with van der Waals surface area (Å²) in [6.07, 6.45) is 5.06. The maximum atomic E-state index is 13.0. The van der Waals surface area contributed by atoms with E-state index < -0.39 is 0 Å². The van der Waals surface area contributed by atoms with Crippen LogP contribution in [0.3, 0.4) is 0 Å². The molecule has 2 atom stereocenters. The Hall–Kier alpha value is -1.00. The number of nitrogens with one attached hydrogen (secondary N) is 1. The monoisotopic (exact) mass is 279 g/mol. The number of halogens is 1. The molecule has 1 fully saturated rings. The lowest BCUT2D eigenvalue weighted by molar-refractivity contribution is 0.221. The highest BCUT2D eigenvalue weighted by molar-refractivity contribution is 5.10. The molecule has 1 aromatic rings. The molecule has 112 valence electrons. The molecule has 1 aliphatic rings. The first-order valence-corrected chi connectivity index (χ1v) is 7.67. The van der Waals surface area contributed by atoms with E-state index in [9.17, 15) is 4.39 Å². The molecular formula is C16H26FN3. The second kappa shape index (κ2) is 7.14. The van der Waals surface area contributed by atoms with Gasteiger partial charge in [0.2, 0.25) is 0 Å². The molecule has 20 heavy (non-hydrogen) atoms. The van der Waals surface area contributed by atoms with Gasteiger partial charge in [0.15, 0.2) is 0 Å². The van der Waals surface area contributed by atoms with Crippen LogP contribution < -0.4 is 5.32 Å². The van der Waals surface area contributed by atoms with Gasteiger partial charge < -0.3 is 10.2 Å². The summed E-state index contributed by atoms with van der Waals surface area (Å²) >= 11 is 0. The van der Waals surface area contributed by atoms with Crippen molar-refractivity contribution >= 4 is 0 Å². The van der Waals surface area contributed by atoms with E-state index in [0.717, 1.165) is 31.1 Å². The summed E-state index contributed by atoms with van der Waals surface area (Å²) in [5.41, 5.74) is 0.931. The Morgan fingerprint density at radius 3 is 2.75 bits per heavy atom. The number of rotatable bonds is 8.